The number of aromatic nitrogens is 4. The molecule has 0 amide bonds. The normalized spacial score (nSPS) is 11.1. The number of para-hydroxylation sites is 1. The molecule has 5 nitrogen and oxygen atoms in total. The molecule has 0 saturated heterocycles. The number of hydrogen-bond donors (Lipinski definition) is 0. The van der Waals surface area contributed by atoms with Crippen molar-refractivity contribution >= 4 is 29.5 Å². The van der Waals surface area contributed by atoms with E-state index in [1.807, 2.05) is 18.3 Å². The Labute approximate surface area is 117 Å². The van der Waals surface area contributed by atoms with Crippen molar-refractivity contribution in [3.8, 4) is 0 Å². The highest BCUT2D eigenvalue weighted by molar-refractivity contribution is 6.01. The number of fused-ring (bicyclic) bond motifs is 1. The van der Waals surface area contributed by atoms with Crippen LogP contribution in [0.3, 0.4) is 0 Å². The number of aryl methyl sites for hydroxylation is 1. The van der Waals surface area contributed by atoms with E-state index in [1.54, 1.807) is 17.3 Å². The van der Waals surface area contributed by atoms with Crippen LogP contribution in [-0.4, -0.2) is 25.7 Å². The van der Waals surface area contributed by atoms with Crippen LogP contribution in [0.5, 0.6) is 0 Å². The molecule has 0 unspecified atom stereocenters. The molecule has 3 rings (SSSR count). The second kappa shape index (κ2) is 5.24. The predicted octanol–water partition coefficient (Wildman–Crippen LogP) is 2.38. The van der Waals surface area contributed by atoms with Gasteiger partial charge < -0.3 is 4.57 Å². The van der Waals surface area contributed by atoms with Crippen molar-refractivity contribution in [1.82, 2.24) is 19.4 Å². The molecule has 0 aliphatic carbocycles. The molecule has 0 atom stereocenters. The van der Waals surface area contributed by atoms with Gasteiger partial charge in [-0.05, 0) is 13.0 Å². The summed E-state index contributed by atoms with van der Waals surface area (Å²) in [7, 11) is 2.06. The maximum absolute atomic E-state index is 4.31. The van der Waals surface area contributed by atoms with Crippen LogP contribution in [-0.2, 0) is 7.05 Å². The summed E-state index contributed by atoms with van der Waals surface area (Å²) < 4.78 is 3.75. The maximum Gasteiger partial charge on any atom is 0.141 e. The van der Waals surface area contributed by atoms with Gasteiger partial charge in [0.2, 0.25) is 0 Å². The number of rotatable bonds is 2. The lowest BCUT2D eigenvalue weighted by Gasteiger charge is -1.97. The highest BCUT2D eigenvalue weighted by Crippen LogP contribution is 2.22. The molecule has 98 valence electrons. The summed E-state index contributed by atoms with van der Waals surface area (Å²) in [5, 5.41) is 13.0. The maximum atomic E-state index is 4.31. The van der Waals surface area contributed by atoms with Gasteiger partial charge in [-0.25, -0.2) is 4.68 Å². The lowest BCUT2D eigenvalue weighted by molar-refractivity contribution is 0.876. The molecule has 0 aliphatic rings. The molecule has 6 heteroatoms. The molecule has 0 spiro atoms. The molecular formula is C13H14ClN5. The summed E-state index contributed by atoms with van der Waals surface area (Å²) in [5.41, 5.74) is 3.52. The number of hydrogen-bond acceptors (Lipinski definition) is 3. The van der Waals surface area contributed by atoms with Crippen molar-refractivity contribution < 1.29 is 0 Å². The van der Waals surface area contributed by atoms with Crippen LogP contribution in [0, 0.1) is 6.92 Å². The Hall–Kier alpha value is -2.14. The summed E-state index contributed by atoms with van der Waals surface area (Å²) in [6, 6.07) is 8.30. The van der Waals surface area contributed by atoms with Gasteiger partial charge in [0.15, 0.2) is 0 Å². The lowest BCUT2D eigenvalue weighted by Crippen LogP contribution is -1.93. The van der Waals surface area contributed by atoms with Gasteiger partial charge in [-0.2, -0.15) is 5.10 Å². The zero-order chi connectivity index (χ0) is 12.5. The average molecular weight is 276 g/mol. The van der Waals surface area contributed by atoms with E-state index in [0.29, 0.717) is 0 Å². The van der Waals surface area contributed by atoms with Crippen LogP contribution in [0.25, 0.3) is 10.9 Å². The van der Waals surface area contributed by atoms with Gasteiger partial charge >= 0.3 is 0 Å². The van der Waals surface area contributed by atoms with E-state index < -0.39 is 0 Å². The molecule has 2 heterocycles. The smallest absolute Gasteiger partial charge is 0.141 e. The molecule has 19 heavy (non-hydrogen) atoms. The Morgan fingerprint density at radius 1 is 1.16 bits per heavy atom. The SMILES string of the molecule is Cc1c(/C=N/n2cnnc2)c2ccccc2n1C.Cl. The van der Waals surface area contributed by atoms with Gasteiger partial charge in [0.25, 0.3) is 0 Å². The zero-order valence-corrected chi connectivity index (χ0v) is 11.5. The number of halogens is 1. The Balaban J connectivity index is 0.00000133. The fourth-order valence-corrected chi connectivity index (χ4v) is 2.09. The summed E-state index contributed by atoms with van der Waals surface area (Å²) >= 11 is 0. The summed E-state index contributed by atoms with van der Waals surface area (Å²) in [6.45, 7) is 2.09. The fraction of sp³-hybridized carbons (Fsp3) is 0.154. The largest absolute Gasteiger partial charge is 0.347 e. The van der Waals surface area contributed by atoms with Crippen LogP contribution >= 0.6 is 12.4 Å². The number of benzene rings is 1. The van der Waals surface area contributed by atoms with Crippen molar-refractivity contribution in [2.24, 2.45) is 12.1 Å². The van der Waals surface area contributed by atoms with Crippen molar-refractivity contribution in [2.45, 2.75) is 6.92 Å². The van der Waals surface area contributed by atoms with Gasteiger partial charge in [0.05, 0.1) is 6.21 Å². The van der Waals surface area contributed by atoms with E-state index in [2.05, 4.69) is 46.0 Å². The second-order valence-electron chi connectivity index (χ2n) is 4.16. The molecule has 3 aromatic rings. The van der Waals surface area contributed by atoms with Gasteiger partial charge in [0, 0.05) is 29.2 Å². The third kappa shape index (κ3) is 2.24. The van der Waals surface area contributed by atoms with Crippen LogP contribution in [0.15, 0.2) is 42.0 Å². The first-order chi connectivity index (χ1) is 8.77. The van der Waals surface area contributed by atoms with E-state index >= 15 is 0 Å². The summed E-state index contributed by atoms with van der Waals surface area (Å²) in [6.07, 6.45) is 4.98. The first kappa shape index (κ1) is 13.3. The second-order valence-corrected chi connectivity index (χ2v) is 4.16. The first-order valence-electron chi connectivity index (χ1n) is 5.70. The third-order valence-corrected chi connectivity index (χ3v) is 3.18. The summed E-state index contributed by atoms with van der Waals surface area (Å²) in [5.74, 6) is 0. The molecule has 2 aromatic heterocycles. The molecule has 0 fully saturated rings. The Morgan fingerprint density at radius 3 is 2.58 bits per heavy atom. The minimum absolute atomic E-state index is 0. The van der Waals surface area contributed by atoms with Crippen LogP contribution in [0.1, 0.15) is 11.3 Å². The third-order valence-electron chi connectivity index (χ3n) is 3.18. The monoisotopic (exact) mass is 275 g/mol. The molecule has 0 saturated carbocycles. The minimum atomic E-state index is 0. The van der Waals surface area contributed by atoms with Crippen LogP contribution in [0.2, 0.25) is 0 Å². The lowest BCUT2D eigenvalue weighted by atomic mass is 10.1. The highest BCUT2D eigenvalue weighted by Gasteiger charge is 2.08. The Morgan fingerprint density at radius 2 is 1.84 bits per heavy atom. The van der Waals surface area contributed by atoms with Crippen molar-refractivity contribution in [1.29, 1.82) is 0 Å². The average Bonchev–Trinajstić information content (AvgIpc) is 2.98. The topological polar surface area (TPSA) is 48.0 Å². The van der Waals surface area contributed by atoms with E-state index in [9.17, 15) is 0 Å². The van der Waals surface area contributed by atoms with Gasteiger partial charge in [-0.15, -0.1) is 22.6 Å². The zero-order valence-electron chi connectivity index (χ0n) is 10.7. The van der Waals surface area contributed by atoms with Crippen molar-refractivity contribution in [3.63, 3.8) is 0 Å². The van der Waals surface area contributed by atoms with E-state index in [4.69, 9.17) is 0 Å². The predicted molar refractivity (Wildman–Crippen MR) is 77.9 cm³/mol. The van der Waals surface area contributed by atoms with Crippen LogP contribution < -0.4 is 0 Å². The Bertz CT molecular complexity index is 712. The van der Waals surface area contributed by atoms with E-state index in [1.165, 1.54) is 16.6 Å². The van der Waals surface area contributed by atoms with E-state index in [0.717, 1.165) is 5.56 Å². The molecule has 0 radical (unpaired) electrons. The molecule has 0 aliphatic heterocycles. The molecular weight excluding hydrogens is 262 g/mol. The quantitative estimate of drug-likeness (QED) is 0.674. The van der Waals surface area contributed by atoms with Gasteiger partial charge in [-0.1, -0.05) is 18.2 Å². The first-order valence-corrected chi connectivity index (χ1v) is 5.70. The molecule has 0 N–H and O–H groups in total. The fourth-order valence-electron chi connectivity index (χ4n) is 2.09. The standard InChI is InChI=1S/C13H13N5.ClH/c1-10-12(7-16-18-8-14-15-9-18)11-5-3-4-6-13(11)17(10)2;/h3-9H,1-2H3;1H/b16-7+;. The Kier molecular flexibility index (Phi) is 3.66. The van der Waals surface area contributed by atoms with Gasteiger partial charge in [-0.3, -0.25) is 0 Å². The van der Waals surface area contributed by atoms with Crippen molar-refractivity contribution in [2.75, 3.05) is 0 Å². The van der Waals surface area contributed by atoms with E-state index in [-0.39, 0.29) is 12.4 Å². The summed E-state index contributed by atoms with van der Waals surface area (Å²) in [4.78, 5) is 0. The highest BCUT2D eigenvalue weighted by atomic mass is 35.5. The van der Waals surface area contributed by atoms with Crippen LogP contribution in [0.4, 0.5) is 0 Å². The molecule has 1 aromatic carbocycles. The molecule has 0 bridgehead atoms. The van der Waals surface area contributed by atoms with Gasteiger partial charge in [0.1, 0.15) is 12.7 Å². The number of nitrogens with zero attached hydrogens (tertiary/aromatic N) is 5. The van der Waals surface area contributed by atoms with Crippen molar-refractivity contribution in [3.05, 3.63) is 48.2 Å². The minimum Gasteiger partial charge on any atom is -0.347 e.